The molecule has 2 aromatic heterocycles. The van der Waals surface area contributed by atoms with Crippen molar-refractivity contribution in [2.45, 2.75) is 25.4 Å². The van der Waals surface area contributed by atoms with Crippen LogP contribution >= 0.6 is 11.3 Å². The van der Waals surface area contributed by atoms with Crippen molar-refractivity contribution in [3.05, 3.63) is 150 Å². The predicted molar refractivity (Wildman–Crippen MR) is 153 cm³/mol. The molecular formula is C32H28N4S. The molecule has 0 fully saturated rings. The number of imidazole rings is 1. The zero-order chi connectivity index (χ0) is 25.1. The predicted octanol–water partition coefficient (Wildman–Crippen LogP) is 7.51. The van der Waals surface area contributed by atoms with E-state index in [4.69, 9.17) is 9.97 Å². The Labute approximate surface area is 221 Å². The molecule has 0 aliphatic carbocycles. The van der Waals surface area contributed by atoms with E-state index < -0.39 is 5.54 Å². The average molecular weight is 501 g/mol. The van der Waals surface area contributed by atoms with Crippen LogP contribution in [0.2, 0.25) is 0 Å². The van der Waals surface area contributed by atoms with Crippen molar-refractivity contribution in [2.75, 3.05) is 5.32 Å². The fourth-order valence-corrected chi connectivity index (χ4v) is 5.98. The second-order valence-electron chi connectivity index (χ2n) is 9.11. The Bertz CT molecular complexity index is 1510. The number of benzene rings is 4. The van der Waals surface area contributed by atoms with E-state index in [1.165, 1.54) is 27.0 Å². The highest BCUT2D eigenvalue weighted by Gasteiger charge is 2.38. The molecule has 37 heavy (non-hydrogen) atoms. The summed E-state index contributed by atoms with van der Waals surface area (Å²) in [6.07, 6.45) is 5.14. The van der Waals surface area contributed by atoms with E-state index in [2.05, 4.69) is 132 Å². The van der Waals surface area contributed by atoms with E-state index >= 15 is 0 Å². The summed E-state index contributed by atoms with van der Waals surface area (Å²) >= 11 is 1.69. The third-order valence-corrected chi connectivity index (χ3v) is 7.86. The number of rotatable bonds is 8. The van der Waals surface area contributed by atoms with Crippen LogP contribution in [0.5, 0.6) is 0 Å². The van der Waals surface area contributed by atoms with Gasteiger partial charge in [-0.3, -0.25) is 0 Å². The monoisotopic (exact) mass is 500 g/mol. The smallest absolute Gasteiger partial charge is 0.184 e. The third-order valence-electron chi connectivity index (χ3n) is 6.88. The maximum Gasteiger partial charge on any atom is 0.184 e. The van der Waals surface area contributed by atoms with Crippen molar-refractivity contribution in [1.82, 2.24) is 14.5 Å². The standard InChI is InChI=1S/C32H28N4S/c1-2-24-18-19-29-30(20-24)37-31(35-29)33-21-28-22-36(23-34-28)32(25-12-6-3-7-13-25,26-14-8-4-9-15-26)27-16-10-5-11-17-27/h3-20,22-23H,2,21H2,1H3,(H,33,35). The molecule has 0 unspecified atom stereocenters. The van der Waals surface area contributed by atoms with Crippen LogP contribution < -0.4 is 5.32 Å². The number of hydrogen-bond donors (Lipinski definition) is 1. The van der Waals surface area contributed by atoms with E-state index in [0.717, 1.165) is 22.8 Å². The highest BCUT2D eigenvalue weighted by Crippen LogP contribution is 2.40. The molecule has 4 nitrogen and oxygen atoms in total. The zero-order valence-corrected chi connectivity index (χ0v) is 21.5. The fourth-order valence-electron chi connectivity index (χ4n) is 5.05. The van der Waals surface area contributed by atoms with Crippen LogP contribution in [0.25, 0.3) is 10.2 Å². The van der Waals surface area contributed by atoms with Gasteiger partial charge in [0.25, 0.3) is 0 Å². The van der Waals surface area contributed by atoms with Gasteiger partial charge in [0.2, 0.25) is 0 Å². The van der Waals surface area contributed by atoms with Gasteiger partial charge in [-0.1, -0.05) is 115 Å². The van der Waals surface area contributed by atoms with Gasteiger partial charge in [0, 0.05) is 6.20 Å². The van der Waals surface area contributed by atoms with Crippen LogP contribution in [-0.2, 0) is 18.5 Å². The first-order valence-corrected chi connectivity index (χ1v) is 13.4. The van der Waals surface area contributed by atoms with Gasteiger partial charge in [0.1, 0.15) is 5.54 Å². The molecule has 4 aromatic carbocycles. The molecule has 6 aromatic rings. The maximum atomic E-state index is 4.83. The first-order valence-electron chi connectivity index (χ1n) is 12.6. The summed E-state index contributed by atoms with van der Waals surface area (Å²) in [5.41, 5.74) is 6.32. The minimum atomic E-state index is -0.554. The zero-order valence-electron chi connectivity index (χ0n) is 20.7. The van der Waals surface area contributed by atoms with Crippen molar-refractivity contribution in [3.63, 3.8) is 0 Å². The lowest BCUT2D eigenvalue weighted by atomic mass is 9.77. The van der Waals surface area contributed by atoms with Gasteiger partial charge in [0.05, 0.1) is 28.8 Å². The summed E-state index contributed by atoms with van der Waals surface area (Å²) in [5.74, 6) is 0. The lowest BCUT2D eigenvalue weighted by molar-refractivity contribution is 0.514. The minimum absolute atomic E-state index is 0.554. The van der Waals surface area contributed by atoms with Crippen LogP contribution in [0.15, 0.2) is 122 Å². The Morgan fingerprint density at radius 3 is 1.95 bits per heavy atom. The van der Waals surface area contributed by atoms with E-state index in [9.17, 15) is 0 Å². The topological polar surface area (TPSA) is 42.7 Å². The molecule has 0 aliphatic rings. The molecule has 0 radical (unpaired) electrons. The normalized spacial score (nSPS) is 11.6. The van der Waals surface area contributed by atoms with Gasteiger partial charge >= 0.3 is 0 Å². The fraction of sp³-hybridized carbons (Fsp3) is 0.125. The van der Waals surface area contributed by atoms with Gasteiger partial charge in [-0.2, -0.15) is 0 Å². The van der Waals surface area contributed by atoms with Crippen molar-refractivity contribution in [2.24, 2.45) is 0 Å². The largest absolute Gasteiger partial charge is 0.356 e. The Morgan fingerprint density at radius 1 is 0.784 bits per heavy atom. The third kappa shape index (κ3) is 4.32. The second kappa shape index (κ2) is 10.0. The first-order chi connectivity index (χ1) is 18.3. The number of nitrogens with zero attached hydrogens (tertiary/aromatic N) is 3. The molecule has 0 atom stereocenters. The number of aryl methyl sites for hydroxylation is 1. The van der Waals surface area contributed by atoms with Gasteiger partial charge in [-0.05, 0) is 40.8 Å². The summed E-state index contributed by atoms with van der Waals surface area (Å²) in [7, 11) is 0. The number of anilines is 1. The Morgan fingerprint density at radius 2 is 1.38 bits per heavy atom. The van der Waals surface area contributed by atoms with Crippen LogP contribution in [0, 0.1) is 0 Å². The van der Waals surface area contributed by atoms with Crippen LogP contribution in [0.4, 0.5) is 5.13 Å². The lowest BCUT2D eigenvalue weighted by Gasteiger charge is -2.37. The Hall–Kier alpha value is -4.22. The van der Waals surface area contributed by atoms with E-state index in [-0.39, 0.29) is 0 Å². The number of fused-ring (bicyclic) bond motifs is 1. The molecule has 0 aliphatic heterocycles. The molecular weight excluding hydrogens is 472 g/mol. The van der Waals surface area contributed by atoms with Gasteiger partial charge in [-0.25, -0.2) is 9.97 Å². The lowest BCUT2D eigenvalue weighted by Crippen LogP contribution is -2.36. The van der Waals surface area contributed by atoms with Gasteiger partial charge in [0.15, 0.2) is 5.13 Å². The summed E-state index contributed by atoms with van der Waals surface area (Å²) in [6.45, 7) is 2.78. The quantitative estimate of drug-likeness (QED) is 0.220. The SMILES string of the molecule is CCc1ccc2nc(NCc3cn(C(c4ccccc4)(c4ccccc4)c4ccccc4)cn3)sc2c1. The molecule has 0 amide bonds. The maximum absolute atomic E-state index is 4.83. The molecule has 0 saturated heterocycles. The van der Waals surface area contributed by atoms with Crippen molar-refractivity contribution in [3.8, 4) is 0 Å². The molecule has 0 spiro atoms. The highest BCUT2D eigenvalue weighted by atomic mass is 32.1. The van der Waals surface area contributed by atoms with E-state index in [1.807, 2.05) is 6.33 Å². The highest BCUT2D eigenvalue weighted by molar-refractivity contribution is 7.22. The minimum Gasteiger partial charge on any atom is -0.356 e. The second-order valence-corrected chi connectivity index (χ2v) is 10.1. The molecule has 182 valence electrons. The Balaban J connectivity index is 1.40. The number of hydrogen-bond acceptors (Lipinski definition) is 4. The van der Waals surface area contributed by atoms with E-state index in [1.54, 1.807) is 11.3 Å². The van der Waals surface area contributed by atoms with Gasteiger partial charge in [-0.15, -0.1) is 0 Å². The summed E-state index contributed by atoms with van der Waals surface area (Å²) < 4.78 is 3.46. The number of nitrogens with one attached hydrogen (secondary N) is 1. The van der Waals surface area contributed by atoms with Crippen molar-refractivity contribution in [1.29, 1.82) is 0 Å². The molecule has 2 heterocycles. The first kappa shape index (κ1) is 23.2. The summed E-state index contributed by atoms with van der Waals surface area (Å²) in [5, 5.41) is 4.42. The van der Waals surface area contributed by atoms with Crippen LogP contribution in [0.1, 0.15) is 34.9 Å². The molecule has 0 bridgehead atoms. The Kier molecular flexibility index (Phi) is 6.29. The number of thiazole rings is 1. The van der Waals surface area contributed by atoms with E-state index in [0.29, 0.717) is 6.54 Å². The molecule has 0 saturated carbocycles. The summed E-state index contributed by atoms with van der Waals surface area (Å²) in [6, 6.07) is 38.5. The van der Waals surface area contributed by atoms with Crippen molar-refractivity contribution >= 4 is 26.7 Å². The van der Waals surface area contributed by atoms with Crippen molar-refractivity contribution < 1.29 is 0 Å². The molecule has 1 N–H and O–H groups in total. The van der Waals surface area contributed by atoms with Gasteiger partial charge < -0.3 is 9.88 Å². The molecule has 5 heteroatoms. The summed E-state index contributed by atoms with van der Waals surface area (Å²) in [4.78, 5) is 9.61. The average Bonchev–Trinajstić information content (AvgIpc) is 3.61. The number of aromatic nitrogens is 3. The van der Waals surface area contributed by atoms with Crippen LogP contribution in [-0.4, -0.2) is 14.5 Å². The van der Waals surface area contributed by atoms with Crippen LogP contribution in [0.3, 0.4) is 0 Å². The molecule has 6 rings (SSSR count).